The van der Waals surface area contributed by atoms with Crippen LogP contribution in [0.15, 0.2) is 29.2 Å². The number of aromatic nitrogens is 1. The normalized spacial score (nSPS) is 9.40. The number of rotatable bonds is 2. The van der Waals surface area contributed by atoms with Crippen molar-refractivity contribution in [2.75, 3.05) is 13.7 Å². The van der Waals surface area contributed by atoms with Crippen LogP contribution < -0.4 is 10.9 Å². The lowest BCUT2D eigenvalue weighted by molar-refractivity contribution is -0.139. The Morgan fingerprint density at radius 3 is 2.80 bits per heavy atom. The van der Waals surface area contributed by atoms with E-state index < -0.39 is 17.6 Å². The minimum Gasteiger partial charge on any atom is -0.468 e. The fraction of sp³-hybridized carbons (Fsp3) is 0.222. The summed E-state index contributed by atoms with van der Waals surface area (Å²) in [4.78, 5) is 33.2. The van der Waals surface area contributed by atoms with Gasteiger partial charge in [-0.05, 0) is 6.07 Å². The molecular formula is C9H10N2O4. The van der Waals surface area contributed by atoms with E-state index in [1.54, 1.807) is 6.07 Å². The van der Waals surface area contributed by atoms with Gasteiger partial charge < -0.3 is 10.1 Å². The number of carbonyl (C=O) groups is 2. The third kappa shape index (κ3) is 2.94. The summed E-state index contributed by atoms with van der Waals surface area (Å²) >= 11 is 0. The van der Waals surface area contributed by atoms with Crippen LogP contribution in [0.2, 0.25) is 0 Å². The molecule has 0 spiro atoms. The van der Waals surface area contributed by atoms with Gasteiger partial charge in [-0.2, -0.15) is 0 Å². The summed E-state index contributed by atoms with van der Waals surface area (Å²) in [6.07, 6.45) is 1.31. The molecule has 1 N–H and O–H groups in total. The standard InChI is InChI=1S/C9H10N2O4/c1-15-8(13)6-10-9(14)11-5-3-2-4-7(11)12/h2-5H,6H2,1H3,(H,10,14). The summed E-state index contributed by atoms with van der Waals surface area (Å²) in [6, 6.07) is 3.65. The maximum absolute atomic E-state index is 11.3. The quantitative estimate of drug-likeness (QED) is 0.672. The molecule has 1 aromatic heterocycles. The van der Waals surface area contributed by atoms with E-state index in [1.165, 1.54) is 25.4 Å². The van der Waals surface area contributed by atoms with Crippen LogP contribution in [0.25, 0.3) is 0 Å². The van der Waals surface area contributed by atoms with Crippen molar-refractivity contribution in [2.45, 2.75) is 0 Å². The molecule has 0 saturated carbocycles. The van der Waals surface area contributed by atoms with Crippen molar-refractivity contribution < 1.29 is 14.3 Å². The summed E-state index contributed by atoms with van der Waals surface area (Å²) in [5, 5.41) is 2.24. The Hall–Kier alpha value is -2.11. The summed E-state index contributed by atoms with van der Waals surface area (Å²) in [6.45, 7) is -0.267. The largest absolute Gasteiger partial charge is 0.468 e. The van der Waals surface area contributed by atoms with Crippen molar-refractivity contribution in [3.63, 3.8) is 0 Å². The van der Waals surface area contributed by atoms with Crippen molar-refractivity contribution in [1.82, 2.24) is 9.88 Å². The van der Waals surface area contributed by atoms with E-state index in [1.807, 2.05) is 0 Å². The SMILES string of the molecule is COC(=O)CNC(=O)n1ccccc1=O. The lowest BCUT2D eigenvalue weighted by Gasteiger charge is -2.04. The first-order valence-electron chi connectivity index (χ1n) is 4.18. The Labute approximate surface area is 85.5 Å². The number of nitrogens with one attached hydrogen (secondary N) is 1. The molecule has 0 fully saturated rings. The zero-order chi connectivity index (χ0) is 11.3. The predicted octanol–water partition coefficient (Wildman–Crippen LogP) is -0.421. The second kappa shape index (κ2) is 4.94. The molecule has 0 saturated heterocycles. The van der Waals surface area contributed by atoms with Crippen LogP contribution in [0.5, 0.6) is 0 Å². The number of hydrogen-bond acceptors (Lipinski definition) is 4. The van der Waals surface area contributed by atoms with Gasteiger partial charge >= 0.3 is 12.0 Å². The first-order valence-corrected chi connectivity index (χ1v) is 4.18. The molecule has 1 heterocycles. The number of ether oxygens (including phenoxy) is 1. The van der Waals surface area contributed by atoms with Crippen molar-refractivity contribution in [3.8, 4) is 0 Å². The summed E-state index contributed by atoms with van der Waals surface area (Å²) in [5.74, 6) is -0.577. The third-order valence-corrected chi connectivity index (χ3v) is 1.65. The van der Waals surface area contributed by atoms with Crippen LogP contribution in [-0.2, 0) is 9.53 Å². The van der Waals surface area contributed by atoms with E-state index in [2.05, 4.69) is 10.1 Å². The molecule has 0 bridgehead atoms. The minimum absolute atomic E-state index is 0.267. The highest BCUT2D eigenvalue weighted by atomic mass is 16.5. The second-order valence-electron chi connectivity index (χ2n) is 2.64. The smallest absolute Gasteiger partial charge is 0.329 e. The average Bonchev–Trinajstić information content (AvgIpc) is 2.26. The van der Waals surface area contributed by atoms with Gasteiger partial charge in [0.25, 0.3) is 5.56 Å². The van der Waals surface area contributed by atoms with Crippen molar-refractivity contribution in [3.05, 3.63) is 34.7 Å². The molecule has 1 aromatic rings. The van der Waals surface area contributed by atoms with E-state index in [9.17, 15) is 14.4 Å². The van der Waals surface area contributed by atoms with Crippen molar-refractivity contribution in [2.24, 2.45) is 0 Å². The molecule has 1 amide bonds. The highest BCUT2D eigenvalue weighted by Crippen LogP contribution is 1.81. The molecule has 0 aliphatic heterocycles. The second-order valence-corrected chi connectivity index (χ2v) is 2.64. The molecule has 0 aliphatic carbocycles. The molecule has 6 nitrogen and oxygen atoms in total. The van der Waals surface area contributed by atoms with Gasteiger partial charge in [0.2, 0.25) is 0 Å². The molecule has 0 aromatic carbocycles. The average molecular weight is 210 g/mol. The lowest BCUT2D eigenvalue weighted by Crippen LogP contribution is -2.38. The topological polar surface area (TPSA) is 77.4 Å². The molecule has 0 aliphatic rings. The molecule has 6 heteroatoms. The van der Waals surface area contributed by atoms with Crippen LogP contribution in [-0.4, -0.2) is 30.2 Å². The number of carbonyl (C=O) groups excluding carboxylic acids is 2. The Morgan fingerprint density at radius 2 is 2.20 bits per heavy atom. The zero-order valence-electron chi connectivity index (χ0n) is 8.10. The Balaban J connectivity index is 2.66. The van der Waals surface area contributed by atoms with Gasteiger partial charge in [-0.25, -0.2) is 9.36 Å². The van der Waals surface area contributed by atoms with Crippen LogP contribution in [0.1, 0.15) is 0 Å². The monoisotopic (exact) mass is 210 g/mol. The van der Waals surface area contributed by atoms with E-state index >= 15 is 0 Å². The Kier molecular flexibility index (Phi) is 3.61. The summed E-state index contributed by atoms with van der Waals surface area (Å²) in [7, 11) is 1.21. The Morgan fingerprint density at radius 1 is 1.47 bits per heavy atom. The molecule has 0 atom stereocenters. The maximum atomic E-state index is 11.3. The zero-order valence-corrected chi connectivity index (χ0v) is 8.10. The molecule has 15 heavy (non-hydrogen) atoms. The minimum atomic E-state index is -0.661. The Bertz CT molecular complexity index is 424. The van der Waals surface area contributed by atoms with Gasteiger partial charge in [0.15, 0.2) is 0 Å². The van der Waals surface area contributed by atoms with E-state index in [-0.39, 0.29) is 6.54 Å². The maximum Gasteiger partial charge on any atom is 0.329 e. The van der Waals surface area contributed by atoms with E-state index in [0.29, 0.717) is 0 Å². The molecule has 1 rings (SSSR count). The summed E-state index contributed by atoms with van der Waals surface area (Å²) < 4.78 is 5.19. The van der Waals surface area contributed by atoms with Gasteiger partial charge in [0.1, 0.15) is 6.54 Å². The van der Waals surface area contributed by atoms with Gasteiger partial charge in [-0.1, -0.05) is 6.07 Å². The molecule has 0 unspecified atom stereocenters. The highest BCUT2D eigenvalue weighted by molar-refractivity contribution is 5.82. The molecular weight excluding hydrogens is 200 g/mol. The van der Waals surface area contributed by atoms with Crippen molar-refractivity contribution in [1.29, 1.82) is 0 Å². The fourth-order valence-electron chi connectivity index (χ4n) is 0.900. The number of nitrogens with zero attached hydrogens (tertiary/aromatic N) is 1. The lowest BCUT2D eigenvalue weighted by atomic mass is 10.5. The number of esters is 1. The van der Waals surface area contributed by atoms with E-state index in [4.69, 9.17) is 0 Å². The third-order valence-electron chi connectivity index (χ3n) is 1.65. The van der Waals surface area contributed by atoms with Gasteiger partial charge in [0.05, 0.1) is 7.11 Å². The van der Waals surface area contributed by atoms with Crippen LogP contribution in [0.3, 0.4) is 0 Å². The van der Waals surface area contributed by atoms with Crippen molar-refractivity contribution >= 4 is 12.0 Å². The fourth-order valence-corrected chi connectivity index (χ4v) is 0.900. The van der Waals surface area contributed by atoms with Crippen LogP contribution in [0, 0.1) is 0 Å². The van der Waals surface area contributed by atoms with Crippen LogP contribution in [0.4, 0.5) is 4.79 Å². The van der Waals surface area contributed by atoms with Gasteiger partial charge in [0, 0.05) is 12.3 Å². The first kappa shape index (κ1) is 11.0. The first-order chi connectivity index (χ1) is 7.15. The number of hydrogen-bond donors (Lipinski definition) is 1. The summed E-state index contributed by atoms with van der Waals surface area (Å²) in [5.41, 5.74) is -0.458. The van der Waals surface area contributed by atoms with Gasteiger partial charge in [-0.3, -0.25) is 9.59 Å². The van der Waals surface area contributed by atoms with E-state index in [0.717, 1.165) is 4.57 Å². The number of methoxy groups -OCH3 is 1. The molecule has 80 valence electrons. The van der Waals surface area contributed by atoms with Gasteiger partial charge in [-0.15, -0.1) is 0 Å². The molecule has 0 radical (unpaired) electrons. The number of amides is 1. The number of pyridine rings is 1. The van der Waals surface area contributed by atoms with Crippen LogP contribution >= 0.6 is 0 Å². The highest BCUT2D eigenvalue weighted by Gasteiger charge is 2.07. The predicted molar refractivity (Wildman–Crippen MR) is 51.5 cm³/mol.